The predicted octanol–water partition coefficient (Wildman–Crippen LogP) is 1.14. The quantitative estimate of drug-likeness (QED) is 0.576. The lowest BCUT2D eigenvalue weighted by atomic mass is 10.2. The van der Waals surface area contributed by atoms with Gasteiger partial charge in [-0.05, 0) is 31.3 Å². The first-order chi connectivity index (χ1) is 8.99. The van der Waals surface area contributed by atoms with Crippen molar-refractivity contribution in [1.82, 2.24) is 0 Å². The number of anilines is 3. The zero-order chi connectivity index (χ0) is 14.4. The number of benzene rings is 1. The van der Waals surface area contributed by atoms with E-state index in [4.69, 9.17) is 5.73 Å². The Morgan fingerprint density at radius 1 is 1.37 bits per heavy atom. The van der Waals surface area contributed by atoms with Gasteiger partial charge in [0.2, 0.25) is 5.91 Å². The minimum Gasteiger partial charge on any atom is -0.386 e. The Kier molecular flexibility index (Phi) is 5.08. The van der Waals surface area contributed by atoms with Gasteiger partial charge in [-0.3, -0.25) is 9.59 Å². The van der Waals surface area contributed by atoms with Gasteiger partial charge < -0.3 is 21.7 Å². The van der Waals surface area contributed by atoms with Gasteiger partial charge in [0.15, 0.2) is 5.78 Å². The Morgan fingerprint density at radius 2 is 2.05 bits per heavy atom. The highest BCUT2D eigenvalue weighted by Crippen LogP contribution is 2.25. The second-order valence-corrected chi connectivity index (χ2v) is 3.94. The molecule has 1 aromatic rings. The molecule has 1 unspecified atom stereocenters. The molecule has 1 rings (SSSR count). The largest absolute Gasteiger partial charge is 0.386 e. The molecule has 0 aliphatic carbocycles. The van der Waals surface area contributed by atoms with Crippen molar-refractivity contribution in [3.05, 3.63) is 31.0 Å². The van der Waals surface area contributed by atoms with Crippen LogP contribution in [0.3, 0.4) is 0 Å². The highest BCUT2D eigenvalue weighted by Gasteiger charge is 2.18. The molecule has 0 spiro atoms. The van der Waals surface area contributed by atoms with Crippen LogP contribution in [0.15, 0.2) is 31.0 Å². The topological polar surface area (TPSA) is 96.2 Å². The van der Waals surface area contributed by atoms with Crippen molar-refractivity contribution in [2.75, 3.05) is 23.0 Å². The number of ketones is 1. The Balaban J connectivity index is 2.88. The number of carbonyl (C=O) groups excluding carboxylic acids is 2. The fourth-order valence-corrected chi connectivity index (χ4v) is 1.47. The number of amides is 1. The SMILES string of the molecule is C=CNc1ccc(NC(=O)C(N)C(C)=O)cc1NC. The first kappa shape index (κ1) is 14.7. The van der Waals surface area contributed by atoms with E-state index in [2.05, 4.69) is 22.5 Å². The molecule has 0 fully saturated rings. The van der Waals surface area contributed by atoms with Crippen LogP contribution in [0.2, 0.25) is 0 Å². The summed E-state index contributed by atoms with van der Waals surface area (Å²) in [7, 11) is 1.76. The van der Waals surface area contributed by atoms with Crippen molar-refractivity contribution in [3.8, 4) is 0 Å². The van der Waals surface area contributed by atoms with Gasteiger partial charge in [-0.2, -0.15) is 0 Å². The van der Waals surface area contributed by atoms with E-state index < -0.39 is 11.9 Å². The maximum absolute atomic E-state index is 11.7. The van der Waals surface area contributed by atoms with Crippen molar-refractivity contribution in [1.29, 1.82) is 0 Å². The summed E-state index contributed by atoms with van der Waals surface area (Å²) < 4.78 is 0. The van der Waals surface area contributed by atoms with E-state index in [9.17, 15) is 9.59 Å². The third kappa shape index (κ3) is 3.82. The molecule has 0 aromatic heterocycles. The number of rotatable bonds is 6. The van der Waals surface area contributed by atoms with Gasteiger partial charge in [0.25, 0.3) is 0 Å². The first-order valence-corrected chi connectivity index (χ1v) is 5.75. The number of nitrogens with one attached hydrogen (secondary N) is 3. The van der Waals surface area contributed by atoms with E-state index in [-0.39, 0.29) is 5.78 Å². The van der Waals surface area contributed by atoms with Crippen LogP contribution in [0.5, 0.6) is 0 Å². The molecule has 0 heterocycles. The van der Waals surface area contributed by atoms with Crippen molar-refractivity contribution in [3.63, 3.8) is 0 Å². The van der Waals surface area contributed by atoms with E-state index in [1.54, 1.807) is 31.4 Å². The lowest BCUT2D eigenvalue weighted by molar-refractivity contribution is -0.126. The number of Topliss-reactive ketones (excluding diaryl/α,β-unsaturated/α-hetero) is 1. The maximum atomic E-state index is 11.7. The highest BCUT2D eigenvalue weighted by atomic mass is 16.2. The second-order valence-electron chi connectivity index (χ2n) is 3.94. The molecule has 0 bridgehead atoms. The average molecular weight is 262 g/mol. The fraction of sp³-hybridized carbons (Fsp3) is 0.231. The molecule has 0 radical (unpaired) electrons. The van der Waals surface area contributed by atoms with Gasteiger partial charge in [0, 0.05) is 12.7 Å². The fourth-order valence-electron chi connectivity index (χ4n) is 1.47. The second kappa shape index (κ2) is 6.55. The third-order valence-corrected chi connectivity index (χ3v) is 2.53. The first-order valence-electron chi connectivity index (χ1n) is 5.75. The molecule has 0 saturated heterocycles. The van der Waals surface area contributed by atoms with Gasteiger partial charge in [0.05, 0.1) is 11.4 Å². The van der Waals surface area contributed by atoms with E-state index in [1.807, 2.05) is 0 Å². The van der Waals surface area contributed by atoms with Crippen LogP contribution in [0.1, 0.15) is 6.92 Å². The molecule has 0 saturated carbocycles. The minimum absolute atomic E-state index is 0.378. The summed E-state index contributed by atoms with van der Waals surface area (Å²) in [6, 6.07) is 4.07. The van der Waals surface area contributed by atoms with Crippen LogP contribution in [0.25, 0.3) is 0 Å². The molecule has 19 heavy (non-hydrogen) atoms. The summed E-state index contributed by atoms with van der Waals surface area (Å²) in [4.78, 5) is 22.7. The molecule has 5 N–H and O–H groups in total. The highest BCUT2D eigenvalue weighted by molar-refractivity contribution is 6.10. The normalized spacial score (nSPS) is 11.3. The standard InChI is InChI=1S/C13H18N4O2/c1-4-16-10-6-5-9(7-11(10)15-3)17-13(19)12(14)8(2)18/h4-7,12,15-16H,1,14H2,2-3H3,(H,17,19). The summed E-state index contributed by atoms with van der Waals surface area (Å²) >= 11 is 0. The number of hydrogen-bond acceptors (Lipinski definition) is 5. The lowest BCUT2D eigenvalue weighted by Crippen LogP contribution is -2.41. The van der Waals surface area contributed by atoms with Crippen LogP contribution >= 0.6 is 0 Å². The number of carbonyl (C=O) groups is 2. The third-order valence-electron chi connectivity index (χ3n) is 2.53. The van der Waals surface area contributed by atoms with Crippen LogP contribution in [-0.4, -0.2) is 24.8 Å². The molecular formula is C13H18N4O2. The molecule has 6 heteroatoms. The van der Waals surface area contributed by atoms with E-state index in [0.29, 0.717) is 5.69 Å². The molecule has 1 atom stereocenters. The van der Waals surface area contributed by atoms with Gasteiger partial charge >= 0.3 is 0 Å². The number of hydrogen-bond donors (Lipinski definition) is 4. The van der Waals surface area contributed by atoms with Gasteiger partial charge in [-0.25, -0.2) is 0 Å². The summed E-state index contributed by atoms with van der Waals surface area (Å²) in [6.07, 6.45) is 1.56. The van der Waals surface area contributed by atoms with Gasteiger partial charge in [-0.1, -0.05) is 6.58 Å². The molecule has 6 nitrogen and oxygen atoms in total. The Labute approximate surface area is 112 Å². The molecule has 1 amide bonds. The Hall–Kier alpha value is -2.34. The Morgan fingerprint density at radius 3 is 2.58 bits per heavy atom. The van der Waals surface area contributed by atoms with Crippen molar-refractivity contribution >= 4 is 28.8 Å². The van der Waals surface area contributed by atoms with Crippen LogP contribution in [-0.2, 0) is 9.59 Å². The minimum atomic E-state index is -1.15. The van der Waals surface area contributed by atoms with Gasteiger partial charge in [0.1, 0.15) is 6.04 Å². The van der Waals surface area contributed by atoms with E-state index in [1.165, 1.54) is 6.92 Å². The number of nitrogens with two attached hydrogens (primary N) is 1. The summed E-state index contributed by atoms with van der Waals surface area (Å²) in [5, 5.41) is 8.53. The molecular weight excluding hydrogens is 244 g/mol. The van der Waals surface area contributed by atoms with Crippen molar-refractivity contribution in [2.45, 2.75) is 13.0 Å². The van der Waals surface area contributed by atoms with Crippen molar-refractivity contribution in [2.24, 2.45) is 5.73 Å². The Bertz CT molecular complexity index is 499. The summed E-state index contributed by atoms with van der Waals surface area (Å²) in [5.41, 5.74) is 7.62. The van der Waals surface area contributed by atoms with Crippen molar-refractivity contribution < 1.29 is 9.59 Å². The maximum Gasteiger partial charge on any atom is 0.248 e. The summed E-state index contributed by atoms with van der Waals surface area (Å²) in [6.45, 7) is 4.86. The van der Waals surface area contributed by atoms with E-state index >= 15 is 0 Å². The van der Waals surface area contributed by atoms with E-state index in [0.717, 1.165) is 11.4 Å². The lowest BCUT2D eigenvalue weighted by Gasteiger charge is -2.13. The van der Waals surface area contributed by atoms with Crippen LogP contribution in [0.4, 0.5) is 17.1 Å². The van der Waals surface area contributed by atoms with Crippen LogP contribution < -0.4 is 21.7 Å². The average Bonchev–Trinajstić information content (AvgIpc) is 2.39. The van der Waals surface area contributed by atoms with Crippen LogP contribution in [0, 0.1) is 0 Å². The summed E-state index contributed by atoms with van der Waals surface area (Å²) in [5.74, 6) is -0.907. The zero-order valence-electron chi connectivity index (χ0n) is 11.0. The zero-order valence-corrected chi connectivity index (χ0v) is 11.0. The molecule has 0 aliphatic heterocycles. The molecule has 1 aromatic carbocycles. The smallest absolute Gasteiger partial charge is 0.248 e. The monoisotopic (exact) mass is 262 g/mol. The molecule has 0 aliphatic rings. The molecule has 102 valence electrons. The predicted molar refractivity (Wildman–Crippen MR) is 77.1 cm³/mol. The van der Waals surface area contributed by atoms with Gasteiger partial charge in [-0.15, -0.1) is 0 Å².